The van der Waals surface area contributed by atoms with Crippen LogP contribution in [0.25, 0.3) is 0 Å². The van der Waals surface area contributed by atoms with Gasteiger partial charge in [0.1, 0.15) is 5.75 Å². The molecular formula is C18H16BrF3N2O3S. The van der Waals surface area contributed by atoms with Crippen molar-refractivity contribution in [3.63, 3.8) is 0 Å². The molecule has 10 heteroatoms. The molecule has 28 heavy (non-hydrogen) atoms. The lowest BCUT2D eigenvalue weighted by atomic mass is 10.2. The average Bonchev–Trinajstić information content (AvgIpc) is 2.59. The summed E-state index contributed by atoms with van der Waals surface area (Å²) in [5.41, 5.74) is 0.830. The number of carbonyl (C=O) groups excluding carboxylic acids is 2. The maximum atomic E-state index is 12.4. The lowest BCUT2D eigenvalue weighted by Gasteiger charge is -2.13. The molecule has 2 aromatic carbocycles. The molecule has 0 spiro atoms. The molecule has 0 saturated heterocycles. The van der Waals surface area contributed by atoms with Crippen LogP contribution in [0.3, 0.4) is 0 Å². The monoisotopic (exact) mass is 476 g/mol. The maximum absolute atomic E-state index is 12.4. The van der Waals surface area contributed by atoms with E-state index >= 15 is 0 Å². The van der Waals surface area contributed by atoms with Gasteiger partial charge in [-0.25, -0.2) is 0 Å². The Morgan fingerprint density at radius 3 is 2.46 bits per heavy atom. The van der Waals surface area contributed by atoms with Crippen LogP contribution in [0.15, 0.2) is 53.0 Å². The Morgan fingerprint density at radius 1 is 1.04 bits per heavy atom. The van der Waals surface area contributed by atoms with Gasteiger partial charge < -0.3 is 15.4 Å². The van der Waals surface area contributed by atoms with Crippen LogP contribution in [0.2, 0.25) is 0 Å². The molecule has 0 atom stereocenters. The van der Waals surface area contributed by atoms with Crippen LogP contribution < -0.4 is 15.4 Å². The largest absolute Gasteiger partial charge is 0.573 e. The first kappa shape index (κ1) is 22.1. The predicted octanol–water partition coefficient (Wildman–Crippen LogP) is 4.34. The first-order valence-corrected chi connectivity index (χ1v) is 9.91. The van der Waals surface area contributed by atoms with Crippen LogP contribution in [0.4, 0.5) is 18.9 Å². The fraction of sp³-hybridized carbons (Fsp3) is 0.222. The fourth-order valence-corrected chi connectivity index (χ4v) is 3.17. The normalized spacial score (nSPS) is 11.0. The van der Waals surface area contributed by atoms with Crippen molar-refractivity contribution in [3.8, 4) is 5.75 Å². The SMILES string of the molecule is O=C(CSCC(=O)Nc1cccc(Br)c1)NCc1ccccc1OC(F)(F)F. The third-order valence-electron chi connectivity index (χ3n) is 3.25. The molecule has 0 aliphatic carbocycles. The van der Waals surface area contributed by atoms with E-state index < -0.39 is 12.3 Å². The third-order valence-corrected chi connectivity index (χ3v) is 4.67. The summed E-state index contributed by atoms with van der Waals surface area (Å²) < 4.78 is 41.9. The summed E-state index contributed by atoms with van der Waals surface area (Å²) in [5, 5.41) is 5.21. The van der Waals surface area contributed by atoms with Crippen molar-refractivity contribution in [1.82, 2.24) is 5.32 Å². The van der Waals surface area contributed by atoms with Crippen LogP contribution >= 0.6 is 27.7 Å². The van der Waals surface area contributed by atoms with Crippen molar-refractivity contribution < 1.29 is 27.5 Å². The van der Waals surface area contributed by atoms with Gasteiger partial charge in [-0.05, 0) is 24.3 Å². The molecule has 5 nitrogen and oxygen atoms in total. The van der Waals surface area contributed by atoms with Crippen LogP contribution in [-0.2, 0) is 16.1 Å². The number of alkyl halides is 3. The van der Waals surface area contributed by atoms with Crippen molar-refractivity contribution in [1.29, 1.82) is 0 Å². The number of amides is 2. The van der Waals surface area contributed by atoms with Gasteiger partial charge in [0, 0.05) is 22.3 Å². The number of para-hydroxylation sites is 1. The molecule has 0 unspecified atom stereocenters. The molecule has 2 N–H and O–H groups in total. The average molecular weight is 477 g/mol. The number of benzene rings is 2. The number of rotatable bonds is 8. The minimum Gasteiger partial charge on any atom is -0.405 e. The van der Waals surface area contributed by atoms with Crippen LogP contribution in [0.5, 0.6) is 5.75 Å². The molecule has 150 valence electrons. The molecule has 0 fully saturated rings. The van der Waals surface area contributed by atoms with E-state index in [4.69, 9.17) is 0 Å². The zero-order chi connectivity index (χ0) is 20.6. The maximum Gasteiger partial charge on any atom is 0.573 e. The van der Waals surface area contributed by atoms with Crippen LogP contribution in [0, 0.1) is 0 Å². The van der Waals surface area contributed by atoms with Crippen molar-refractivity contribution in [2.45, 2.75) is 12.9 Å². The van der Waals surface area contributed by atoms with E-state index in [0.717, 1.165) is 16.2 Å². The summed E-state index contributed by atoms with van der Waals surface area (Å²) >= 11 is 4.40. The molecule has 2 amide bonds. The zero-order valence-electron chi connectivity index (χ0n) is 14.4. The zero-order valence-corrected chi connectivity index (χ0v) is 16.8. The summed E-state index contributed by atoms with van der Waals surface area (Å²) in [7, 11) is 0. The number of carbonyl (C=O) groups is 2. The lowest BCUT2D eigenvalue weighted by Crippen LogP contribution is -2.26. The van der Waals surface area contributed by atoms with Crippen LogP contribution in [-0.4, -0.2) is 29.7 Å². The standard InChI is InChI=1S/C18H16BrF3N2O3S/c19-13-5-3-6-14(8-13)24-17(26)11-28-10-16(25)23-9-12-4-1-2-7-15(12)27-18(20,21)22/h1-8H,9-11H2,(H,23,25)(H,24,26). The Balaban J connectivity index is 1.74. The Bertz CT molecular complexity index is 834. The molecule has 0 aliphatic heterocycles. The van der Waals surface area contributed by atoms with Gasteiger partial charge in [-0.1, -0.05) is 40.2 Å². The van der Waals surface area contributed by atoms with Gasteiger partial charge in [-0.15, -0.1) is 24.9 Å². The molecule has 0 aromatic heterocycles. The highest BCUT2D eigenvalue weighted by molar-refractivity contribution is 9.10. The van der Waals surface area contributed by atoms with Gasteiger partial charge in [-0.3, -0.25) is 9.59 Å². The van der Waals surface area contributed by atoms with Gasteiger partial charge in [0.15, 0.2) is 0 Å². The van der Waals surface area contributed by atoms with E-state index in [1.165, 1.54) is 18.2 Å². The molecule has 0 heterocycles. The Hall–Kier alpha value is -2.20. The predicted molar refractivity (Wildman–Crippen MR) is 105 cm³/mol. The minimum atomic E-state index is -4.81. The molecule has 0 bridgehead atoms. The lowest BCUT2D eigenvalue weighted by molar-refractivity contribution is -0.274. The van der Waals surface area contributed by atoms with Crippen molar-refractivity contribution in [2.75, 3.05) is 16.8 Å². The van der Waals surface area contributed by atoms with Crippen LogP contribution in [0.1, 0.15) is 5.56 Å². The molecule has 0 radical (unpaired) electrons. The van der Waals surface area contributed by atoms with Gasteiger partial charge in [0.2, 0.25) is 11.8 Å². The number of anilines is 1. The van der Waals surface area contributed by atoms with Crippen molar-refractivity contribution in [3.05, 3.63) is 58.6 Å². The topological polar surface area (TPSA) is 67.4 Å². The van der Waals surface area contributed by atoms with E-state index in [9.17, 15) is 22.8 Å². The first-order valence-electron chi connectivity index (χ1n) is 7.96. The Labute approximate surface area is 172 Å². The number of hydrogen-bond donors (Lipinski definition) is 2. The fourth-order valence-electron chi connectivity index (χ4n) is 2.12. The van der Waals surface area contributed by atoms with E-state index in [-0.39, 0.29) is 35.3 Å². The molecular weight excluding hydrogens is 461 g/mol. The number of thioether (sulfide) groups is 1. The van der Waals surface area contributed by atoms with Crippen molar-refractivity contribution >= 4 is 45.2 Å². The number of hydrogen-bond acceptors (Lipinski definition) is 4. The summed E-state index contributed by atoms with van der Waals surface area (Å²) in [6.45, 7) is -0.115. The van der Waals surface area contributed by atoms with Gasteiger partial charge in [0.05, 0.1) is 11.5 Å². The molecule has 2 rings (SSSR count). The van der Waals surface area contributed by atoms with E-state index in [0.29, 0.717) is 5.69 Å². The van der Waals surface area contributed by atoms with E-state index in [2.05, 4.69) is 31.3 Å². The highest BCUT2D eigenvalue weighted by atomic mass is 79.9. The molecule has 0 aliphatic rings. The van der Waals surface area contributed by atoms with E-state index in [1.54, 1.807) is 24.3 Å². The first-order chi connectivity index (χ1) is 13.2. The highest BCUT2D eigenvalue weighted by Crippen LogP contribution is 2.26. The number of ether oxygens (including phenoxy) is 1. The smallest absolute Gasteiger partial charge is 0.405 e. The summed E-state index contributed by atoms with van der Waals surface area (Å²) in [4.78, 5) is 23.7. The second-order valence-corrected chi connectivity index (χ2v) is 7.38. The third kappa shape index (κ3) is 8.22. The van der Waals surface area contributed by atoms with Crippen molar-refractivity contribution in [2.24, 2.45) is 0 Å². The Kier molecular flexibility index (Phi) is 8.18. The minimum absolute atomic E-state index is 0.00575. The summed E-state index contributed by atoms with van der Waals surface area (Å²) in [6.07, 6.45) is -4.81. The summed E-state index contributed by atoms with van der Waals surface area (Å²) in [6, 6.07) is 12.7. The number of halogens is 4. The highest BCUT2D eigenvalue weighted by Gasteiger charge is 2.31. The van der Waals surface area contributed by atoms with Gasteiger partial charge in [-0.2, -0.15) is 0 Å². The number of nitrogens with one attached hydrogen (secondary N) is 2. The van der Waals surface area contributed by atoms with E-state index in [1.807, 2.05) is 6.07 Å². The van der Waals surface area contributed by atoms with Gasteiger partial charge >= 0.3 is 6.36 Å². The second kappa shape index (κ2) is 10.4. The van der Waals surface area contributed by atoms with Gasteiger partial charge in [0.25, 0.3) is 0 Å². The second-order valence-electron chi connectivity index (χ2n) is 5.48. The molecule has 2 aromatic rings. The molecule has 0 saturated carbocycles. The Morgan fingerprint density at radius 2 is 1.75 bits per heavy atom. The summed E-state index contributed by atoms with van der Waals surface area (Å²) in [5.74, 6) is -0.972. The quantitative estimate of drug-likeness (QED) is 0.594.